The normalized spacial score (nSPS) is 24.4. The molecule has 1 heterocycles. The monoisotopic (exact) mass is 377 g/mol. The van der Waals surface area contributed by atoms with Gasteiger partial charge in [-0.05, 0) is 55.3 Å². The van der Waals surface area contributed by atoms with Gasteiger partial charge in [0.1, 0.15) is 0 Å². The van der Waals surface area contributed by atoms with Gasteiger partial charge < -0.3 is 4.74 Å². The molecule has 120 valence electrons. The van der Waals surface area contributed by atoms with Crippen molar-refractivity contribution in [2.45, 2.75) is 44.0 Å². The van der Waals surface area contributed by atoms with Crippen molar-refractivity contribution in [3.8, 4) is 0 Å². The molecule has 0 bridgehead atoms. The molecule has 3 rings (SSSR count). The standard InChI is InChI=1S/C15H15BrF3NO2/c16-11-5-4-10-12-8(2-1-3-9(11)12)6-7-20-13(10)22-14(21)15(17,18)19/h4-5,8,13,20H,1-3,6-7H2. The van der Waals surface area contributed by atoms with Crippen molar-refractivity contribution in [1.29, 1.82) is 0 Å². The highest BCUT2D eigenvalue weighted by atomic mass is 79.9. The van der Waals surface area contributed by atoms with Gasteiger partial charge >= 0.3 is 12.1 Å². The summed E-state index contributed by atoms with van der Waals surface area (Å²) < 4.78 is 43.1. The molecule has 0 saturated heterocycles. The minimum absolute atomic E-state index is 0.304. The Balaban J connectivity index is 1.99. The zero-order valence-electron chi connectivity index (χ0n) is 11.7. The molecule has 0 amide bonds. The Morgan fingerprint density at radius 3 is 2.82 bits per heavy atom. The average Bonchev–Trinajstić information content (AvgIpc) is 2.63. The van der Waals surface area contributed by atoms with Gasteiger partial charge in [0.15, 0.2) is 6.23 Å². The van der Waals surface area contributed by atoms with Crippen molar-refractivity contribution in [1.82, 2.24) is 5.32 Å². The van der Waals surface area contributed by atoms with Gasteiger partial charge in [-0.3, -0.25) is 5.32 Å². The first-order valence-corrected chi connectivity index (χ1v) is 7.99. The lowest BCUT2D eigenvalue weighted by molar-refractivity contribution is -0.206. The summed E-state index contributed by atoms with van der Waals surface area (Å²) in [4.78, 5) is 11.2. The van der Waals surface area contributed by atoms with E-state index in [1.165, 1.54) is 0 Å². The van der Waals surface area contributed by atoms with Gasteiger partial charge in [-0.15, -0.1) is 0 Å². The Kier molecular flexibility index (Phi) is 4.20. The highest BCUT2D eigenvalue weighted by molar-refractivity contribution is 9.10. The number of hydrogen-bond donors (Lipinski definition) is 1. The van der Waals surface area contributed by atoms with Crippen molar-refractivity contribution in [2.24, 2.45) is 0 Å². The maximum Gasteiger partial charge on any atom is 0.490 e. The molecule has 1 aliphatic heterocycles. The van der Waals surface area contributed by atoms with Crippen molar-refractivity contribution < 1.29 is 22.7 Å². The molecular formula is C15H15BrF3NO2. The van der Waals surface area contributed by atoms with Crippen LogP contribution in [0.3, 0.4) is 0 Å². The number of halogens is 4. The molecule has 2 atom stereocenters. The van der Waals surface area contributed by atoms with Crippen molar-refractivity contribution in [2.75, 3.05) is 6.54 Å². The van der Waals surface area contributed by atoms with E-state index in [2.05, 4.69) is 26.0 Å². The van der Waals surface area contributed by atoms with Crippen LogP contribution in [0.4, 0.5) is 13.2 Å². The van der Waals surface area contributed by atoms with Gasteiger partial charge in [-0.1, -0.05) is 22.0 Å². The predicted octanol–water partition coefficient (Wildman–Crippen LogP) is 3.97. The molecule has 3 nitrogen and oxygen atoms in total. The van der Waals surface area contributed by atoms with E-state index < -0.39 is 18.4 Å². The van der Waals surface area contributed by atoms with Crippen LogP contribution >= 0.6 is 15.9 Å². The summed E-state index contributed by atoms with van der Waals surface area (Å²) in [5.74, 6) is -1.85. The smallest absolute Gasteiger partial charge is 0.436 e. The number of carbonyl (C=O) groups is 1. The molecule has 0 fully saturated rings. The van der Waals surface area contributed by atoms with Gasteiger partial charge in [-0.2, -0.15) is 13.2 Å². The van der Waals surface area contributed by atoms with E-state index in [0.717, 1.165) is 41.3 Å². The largest absolute Gasteiger partial charge is 0.490 e. The van der Waals surface area contributed by atoms with Gasteiger partial charge in [0.2, 0.25) is 0 Å². The Bertz CT molecular complexity index is 603. The molecule has 1 aromatic carbocycles. The van der Waals surface area contributed by atoms with Crippen LogP contribution in [0.15, 0.2) is 16.6 Å². The first-order valence-electron chi connectivity index (χ1n) is 7.20. The molecular weight excluding hydrogens is 363 g/mol. The van der Waals surface area contributed by atoms with Crippen LogP contribution in [0.25, 0.3) is 0 Å². The SMILES string of the molecule is O=C(OC1NCCC2CCCc3c(Br)ccc1c32)C(F)(F)F. The number of hydrogen-bond acceptors (Lipinski definition) is 3. The van der Waals surface area contributed by atoms with E-state index in [0.29, 0.717) is 18.0 Å². The Morgan fingerprint density at radius 1 is 1.32 bits per heavy atom. The van der Waals surface area contributed by atoms with E-state index in [1.807, 2.05) is 6.07 Å². The van der Waals surface area contributed by atoms with Crippen LogP contribution in [0.2, 0.25) is 0 Å². The number of esters is 1. The Morgan fingerprint density at radius 2 is 2.09 bits per heavy atom. The molecule has 0 spiro atoms. The van der Waals surface area contributed by atoms with E-state index in [1.54, 1.807) is 6.07 Å². The minimum Gasteiger partial charge on any atom is -0.436 e. The van der Waals surface area contributed by atoms with E-state index in [4.69, 9.17) is 0 Å². The number of rotatable bonds is 1. The number of ether oxygens (including phenoxy) is 1. The summed E-state index contributed by atoms with van der Waals surface area (Å²) in [6.07, 6.45) is -2.23. The maximum absolute atomic E-state index is 12.5. The average molecular weight is 378 g/mol. The molecule has 1 aromatic rings. The topological polar surface area (TPSA) is 38.3 Å². The fourth-order valence-corrected chi connectivity index (χ4v) is 3.90. The minimum atomic E-state index is -4.98. The fraction of sp³-hybridized carbons (Fsp3) is 0.533. The van der Waals surface area contributed by atoms with Crippen LogP contribution in [0.1, 0.15) is 48.1 Å². The van der Waals surface area contributed by atoms with Gasteiger partial charge in [0.05, 0.1) is 0 Å². The zero-order valence-corrected chi connectivity index (χ0v) is 13.3. The van der Waals surface area contributed by atoms with Crippen molar-refractivity contribution in [3.05, 3.63) is 33.3 Å². The molecule has 0 saturated carbocycles. The number of benzene rings is 1. The lowest BCUT2D eigenvalue weighted by Gasteiger charge is -2.28. The summed E-state index contributed by atoms with van der Waals surface area (Å²) >= 11 is 3.52. The highest BCUT2D eigenvalue weighted by Gasteiger charge is 2.43. The molecule has 0 radical (unpaired) electrons. The third kappa shape index (κ3) is 2.88. The summed E-state index contributed by atoms with van der Waals surface area (Å²) in [6.45, 7) is 0.520. The molecule has 22 heavy (non-hydrogen) atoms. The first-order chi connectivity index (χ1) is 10.4. The van der Waals surface area contributed by atoms with Crippen molar-refractivity contribution in [3.63, 3.8) is 0 Å². The summed E-state index contributed by atoms with van der Waals surface area (Å²) in [5, 5.41) is 2.92. The zero-order chi connectivity index (χ0) is 15.9. The number of alkyl halides is 3. The summed E-state index contributed by atoms with van der Waals surface area (Å²) in [5.41, 5.74) is 2.83. The fourth-order valence-electron chi connectivity index (χ4n) is 3.36. The maximum atomic E-state index is 12.5. The molecule has 2 aliphatic rings. The molecule has 0 aromatic heterocycles. The van der Waals surface area contributed by atoms with Gasteiger partial charge in [0.25, 0.3) is 0 Å². The third-order valence-electron chi connectivity index (χ3n) is 4.28. The van der Waals surface area contributed by atoms with Crippen LogP contribution in [-0.2, 0) is 16.0 Å². The molecule has 1 N–H and O–H groups in total. The number of carbonyl (C=O) groups excluding carboxylic acids is 1. The van der Waals surface area contributed by atoms with Crippen LogP contribution in [0.5, 0.6) is 0 Å². The highest BCUT2D eigenvalue weighted by Crippen LogP contribution is 2.43. The van der Waals surface area contributed by atoms with E-state index in [9.17, 15) is 18.0 Å². The van der Waals surface area contributed by atoms with Gasteiger partial charge in [-0.25, -0.2) is 4.79 Å². The second-order valence-corrected chi connectivity index (χ2v) is 6.50. The number of nitrogens with one attached hydrogen (secondary N) is 1. The quantitative estimate of drug-likeness (QED) is 0.752. The van der Waals surface area contributed by atoms with Crippen molar-refractivity contribution >= 4 is 21.9 Å². The lowest BCUT2D eigenvalue weighted by atomic mass is 9.79. The summed E-state index contributed by atoms with van der Waals surface area (Å²) in [6, 6.07) is 3.56. The Hall–Kier alpha value is -1.08. The van der Waals surface area contributed by atoms with Gasteiger partial charge in [0, 0.05) is 10.0 Å². The predicted molar refractivity (Wildman–Crippen MR) is 77.3 cm³/mol. The Labute approximate surface area is 134 Å². The molecule has 1 aliphatic carbocycles. The van der Waals surface area contributed by atoms with Crippen LogP contribution in [-0.4, -0.2) is 18.7 Å². The van der Waals surface area contributed by atoms with E-state index in [-0.39, 0.29) is 0 Å². The third-order valence-corrected chi connectivity index (χ3v) is 5.03. The first kappa shape index (κ1) is 15.8. The van der Waals surface area contributed by atoms with Crippen LogP contribution in [0, 0.1) is 0 Å². The second-order valence-electron chi connectivity index (χ2n) is 5.64. The molecule has 7 heteroatoms. The molecule has 2 unspecified atom stereocenters. The lowest BCUT2D eigenvalue weighted by Crippen LogP contribution is -2.33. The summed E-state index contributed by atoms with van der Waals surface area (Å²) in [7, 11) is 0. The van der Waals surface area contributed by atoms with E-state index >= 15 is 0 Å². The van der Waals surface area contributed by atoms with Crippen LogP contribution < -0.4 is 5.32 Å². The second kappa shape index (κ2) is 5.85.